The van der Waals surface area contributed by atoms with Gasteiger partial charge in [0.15, 0.2) is 5.82 Å². The largest absolute Gasteiger partial charge is 0.481 e. The van der Waals surface area contributed by atoms with Crippen molar-refractivity contribution in [3.63, 3.8) is 0 Å². The molecule has 1 aliphatic rings. The van der Waals surface area contributed by atoms with Crippen LogP contribution in [0, 0.1) is 5.92 Å². The fourth-order valence-electron chi connectivity index (χ4n) is 2.25. The van der Waals surface area contributed by atoms with Crippen molar-refractivity contribution in [3.05, 3.63) is 36.0 Å². The van der Waals surface area contributed by atoms with E-state index in [9.17, 15) is 4.79 Å². The second-order valence-electron chi connectivity index (χ2n) is 4.46. The maximum Gasteiger partial charge on any atom is 0.306 e. The summed E-state index contributed by atoms with van der Waals surface area (Å²) in [5, 5.41) is 9.02. The van der Waals surface area contributed by atoms with Gasteiger partial charge in [-0.2, -0.15) is 0 Å². The molecule has 3 rings (SSSR count). The van der Waals surface area contributed by atoms with Crippen LogP contribution >= 0.6 is 0 Å². The molecule has 0 radical (unpaired) electrons. The standard InChI is InChI=1S/C13H12N2O3/c16-13(17)8-1-2-11-10(5-8)6-14-12(15-11)9-3-4-18-7-9/h3-4,6-8H,1-2,5H2,(H,16,17). The van der Waals surface area contributed by atoms with Crippen molar-refractivity contribution in [3.8, 4) is 11.4 Å². The van der Waals surface area contributed by atoms with Gasteiger partial charge >= 0.3 is 5.97 Å². The van der Waals surface area contributed by atoms with Crippen LogP contribution < -0.4 is 0 Å². The Kier molecular flexibility index (Phi) is 2.59. The van der Waals surface area contributed by atoms with E-state index >= 15 is 0 Å². The Morgan fingerprint density at radius 2 is 2.39 bits per heavy atom. The van der Waals surface area contributed by atoms with Crippen molar-refractivity contribution in [2.45, 2.75) is 19.3 Å². The van der Waals surface area contributed by atoms with Crippen LogP contribution in [0.3, 0.4) is 0 Å². The van der Waals surface area contributed by atoms with Gasteiger partial charge in [-0.15, -0.1) is 0 Å². The van der Waals surface area contributed by atoms with E-state index in [4.69, 9.17) is 9.52 Å². The highest BCUT2D eigenvalue weighted by Gasteiger charge is 2.25. The van der Waals surface area contributed by atoms with Gasteiger partial charge in [0.25, 0.3) is 0 Å². The fourth-order valence-corrected chi connectivity index (χ4v) is 2.25. The van der Waals surface area contributed by atoms with Crippen molar-refractivity contribution in [1.29, 1.82) is 0 Å². The molecule has 0 aliphatic heterocycles. The summed E-state index contributed by atoms with van der Waals surface area (Å²) in [6.07, 6.45) is 6.78. The van der Waals surface area contributed by atoms with Gasteiger partial charge in [-0.3, -0.25) is 4.79 Å². The molecular weight excluding hydrogens is 232 g/mol. The first-order valence-electron chi connectivity index (χ1n) is 5.84. The molecule has 18 heavy (non-hydrogen) atoms. The summed E-state index contributed by atoms with van der Waals surface area (Å²) in [7, 11) is 0. The van der Waals surface area contributed by atoms with Crippen LogP contribution in [0.1, 0.15) is 17.7 Å². The third-order valence-electron chi connectivity index (χ3n) is 3.28. The number of aromatic nitrogens is 2. The van der Waals surface area contributed by atoms with Crippen LogP contribution in [-0.4, -0.2) is 21.0 Å². The number of carboxylic acid groups (broad SMARTS) is 1. The lowest BCUT2D eigenvalue weighted by molar-refractivity contribution is -0.142. The molecule has 5 heteroatoms. The molecule has 1 aliphatic carbocycles. The predicted octanol–water partition coefficient (Wildman–Crippen LogP) is 1.93. The molecule has 1 N–H and O–H groups in total. The van der Waals surface area contributed by atoms with Crippen molar-refractivity contribution < 1.29 is 14.3 Å². The number of furan rings is 1. The average molecular weight is 244 g/mol. The van der Waals surface area contributed by atoms with Crippen LogP contribution in [-0.2, 0) is 17.6 Å². The molecule has 1 unspecified atom stereocenters. The Balaban J connectivity index is 1.92. The van der Waals surface area contributed by atoms with Crippen LogP contribution in [0.5, 0.6) is 0 Å². The molecular formula is C13H12N2O3. The van der Waals surface area contributed by atoms with E-state index < -0.39 is 5.97 Å². The smallest absolute Gasteiger partial charge is 0.306 e. The summed E-state index contributed by atoms with van der Waals surface area (Å²) in [6.45, 7) is 0. The number of aryl methyl sites for hydroxylation is 1. The van der Waals surface area contributed by atoms with Crippen LogP contribution in [0.2, 0.25) is 0 Å². The molecule has 0 fully saturated rings. The monoisotopic (exact) mass is 244 g/mol. The number of carboxylic acids is 1. The maximum atomic E-state index is 11.0. The number of fused-ring (bicyclic) bond motifs is 1. The van der Waals surface area contributed by atoms with Crippen molar-refractivity contribution in [2.75, 3.05) is 0 Å². The van der Waals surface area contributed by atoms with E-state index in [1.54, 1.807) is 18.7 Å². The van der Waals surface area contributed by atoms with Crippen molar-refractivity contribution in [2.24, 2.45) is 5.92 Å². The number of nitrogens with zero attached hydrogens (tertiary/aromatic N) is 2. The SMILES string of the molecule is O=C(O)C1CCc2nc(-c3ccoc3)ncc2C1. The molecule has 1 atom stereocenters. The number of carbonyl (C=O) groups is 1. The Morgan fingerprint density at radius 1 is 1.50 bits per heavy atom. The van der Waals surface area contributed by atoms with E-state index in [0.717, 1.165) is 16.8 Å². The lowest BCUT2D eigenvalue weighted by Crippen LogP contribution is -2.23. The van der Waals surface area contributed by atoms with Crippen molar-refractivity contribution in [1.82, 2.24) is 9.97 Å². The van der Waals surface area contributed by atoms with Gasteiger partial charge in [0, 0.05) is 11.9 Å². The first-order chi connectivity index (χ1) is 8.74. The molecule has 2 aromatic heterocycles. The van der Waals surface area contributed by atoms with E-state index in [0.29, 0.717) is 25.1 Å². The number of rotatable bonds is 2. The lowest BCUT2D eigenvalue weighted by atomic mass is 9.87. The molecule has 0 saturated heterocycles. The zero-order valence-electron chi connectivity index (χ0n) is 9.67. The molecule has 0 saturated carbocycles. The highest BCUT2D eigenvalue weighted by atomic mass is 16.4. The molecule has 5 nitrogen and oxygen atoms in total. The topological polar surface area (TPSA) is 76.2 Å². The van der Waals surface area contributed by atoms with Gasteiger partial charge in [-0.1, -0.05) is 0 Å². The normalized spacial score (nSPS) is 18.3. The van der Waals surface area contributed by atoms with E-state index in [-0.39, 0.29) is 5.92 Å². The first-order valence-corrected chi connectivity index (χ1v) is 5.84. The van der Waals surface area contributed by atoms with Crippen molar-refractivity contribution >= 4 is 5.97 Å². The minimum Gasteiger partial charge on any atom is -0.481 e. The summed E-state index contributed by atoms with van der Waals surface area (Å²) in [5.41, 5.74) is 2.75. The average Bonchev–Trinajstić information content (AvgIpc) is 2.91. The molecule has 2 heterocycles. The van der Waals surface area contributed by atoms with Gasteiger partial charge in [0.2, 0.25) is 0 Å². The zero-order chi connectivity index (χ0) is 12.5. The van der Waals surface area contributed by atoms with Gasteiger partial charge < -0.3 is 9.52 Å². The Labute approximate surface area is 103 Å². The van der Waals surface area contributed by atoms with Crippen LogP contribution in [0.4, 0.5) is 0 Å². The number of hydrogen-bond acceptors (Lipinski definition) is 4. The maximum absolute atomic E-state index is 11.0. The molecule has 0 amide bonds. The quantitative estimate of drug-likeness (QED) is 0.873. The third-order valence-corrected chi connectivity index (χ3v) is 3.28. The second-order valence-corrected chi connectivity index (χ2v) is 4.46. The summed E-state index contributed by atoms with van der Waals surface area (Å²) < 4.78 is 5.00. The number of aliphatic carboxylic acids is 1. The minimum atomic E-state index is -0.737. The van der Waals surface area contributed by atoms with Crippen LogP contribution in [0.25, 0.3) is 11.4 Å². The van der Waals surface area contributed by atoms with Gasteiger partial charge in [-0.05, 0) is 30.9 Å². The Hall–Kier alpha value is -2.17. The van der Waals surface area contributed by atoms with Crippen LogP contribution in [0.15, 0.2) is 29.2 Å². The van der Waals surface area contributed by atoms with Gasteiger partial charge in [0.05, 0.1) is 17.7 Å². The summed E-state index contributed by atoms with van der Waals surface area (Å²) in [5.74, 6) is -0.406. The van der Waals surface area contributed by atoms with E-state index in [1.165, 1.54) is 0 Å². The number of hydrogen-bond donors (Lipinski definition) is 1. The van der Waals surface area contributed by atoms with E-state index in [2.05, 4.69) is 9.97 Å². The Bertz CT molecular complexity index is 578. The summed E-state index contributed by atoms with van der Waals surface area (Å²) in [4.78, 5) is 19.7. The third kappa shape index (κ3) is 1.88. The minimum absolute atomic E-state index is 0.305. The molecule has 0 spiro atoms. The molecule has 0 bridgehead atoms. The summed E-state index contributed by atoms with van der Waals surface area (Å²) >= 11 is 0. The van der Waals surface area contributed by atoms with E-state index in [1.807, 2.05) is 6.07 Å². The summed E-state index contributed by atoms with van der Waals surface area (Å²) in [6, 6.07) is 1.81. The molecule has 92 valence electrons. The molecule has 2 aromatic rings. The highest BCUT2D eigenvalue weighted by molar-refractivity contribution is 5.71. The highest BCUT2D eigenvalue weighted by Crippen LogP contribution is 2.26. The fraction of sp³-hybridized carbons (Fsp3) is 0.308. The Morgan fingerprint density at radius 3 is 3.11 bits per heavy atom. The lowest BCUT2D eigenvalue weighted by Gasteiger charge is -2.20. The van der Waals surface area contributed by atoms with Gasteiger partial charge in [-0.25, -0.2) is 9.97 Å². The zero-order valence-corrected chi connectivity index (χ0v) is 9.67. The first kappa shape index (κ1) is 11.0. The second kappa shape index (κ2) is 4.25. The predicted molar refractivity (Wildman–Crippen MR) is 62.9 cm³/mol. The molecule has 0 aromatic carbocycles. The van der Waals surface area contributed by atoms with Gasteiger partial charge in [0.1, 0.15) is 6.26 Å².